The highest BCUT2D eigenvalue weighted by atomic mass is 31.3. The van der Waals surface area contributed by atoms with Crippen LogP contribution in [0.25, 0.3) is 0 Å². The normalized spacial score (nSPS) is 17.3. The lowest BCUT2D eigenvalue weighted by atomic mass is 10.3. The van der Waals surface area contributed by atoms with Gasteiger partial charge in [0.2, 0.25) is 0 Å². The van der Waals surface area contributed by atoms with Gasteiger partial charge in [-0.1, -0.05) is 64.1 Å². The van der Waals surface area contributed by atoms with E-state index in [0.717, 1.165) is 25.7 Å². The van der Waals surface area contributed by atoms with E-state index in [1.165, 1.54) is 0 Å². The molecule has 0 aliphatic carbocycles. The molecule has 0 bridgehead atoms. The summed E-state index contributed by atoms with van der Waals surface area (Å²) in [5, 5.41) is 0. The number of hydrogen-bond acceptors (Lipinski definition) is 9. The molecule has 0 unspecified atom stereocenters. The minimum atomic E-state index is -3.48. The molecule has 0 saturated heterocycles. The maximum Gasteiger partial charge on any atom is 0.457 e. The second-order valence-corrected chi connectivity index (χ2v) is 14.4. The predicted molar refractivity (Wildman–Crippen MR) is 147 cm³/mol. The predicted octanol–water partition coefficient (Wildman–Crippen LogP) is 9.70. The number of benzene rings is 2. The van der Waals surface area contributed by atoms with Gasteiger partial charge in [-0.05, 0) is 49.9 Å². The topological polar surface area (TPSA) is 92.5 Å². The summed E-state index contributed by atoms with van der Waals surface area (Å²) in [7, 11) is -10.0. The molecular weight excluding hydrogens is 519 g/mol. The van der Waals surface area contributed by atoms with Crippen molar-refractivity contribution in [1.29, 1.82) is 0 Å². The van der Waals surface area contributed by atoms with Gasteiger partial charge < -0.3 is 27.1 Å². The van der Waals surface area contributed by atoms with E-state index in [1.807, 2.05) is 88.4 Å². The third kappa shape index (κ3) is 8.29. The first-order chi connectivity index (χ1) is 17.5. The van der Waals surface area contributed by atoms with Gasteiger partial charge in [0.15, 0.2) is 0 Å². The molecule has 0 spiro atoms. The van der Waals surface area contributed by atoms with Gasteiger partial charge in [0.1, 0.15) is 11.5 Å². The van der Waals surface area contributed by atoms with Crippen molar-refractivity contribution in [3.63, 3.8) is 0 Å². The highest BCUT2D eigenvalue weighted by Gasteiger charge is 2.44. The molecule has 0 atom stereocenters. The van der Waals surface area contributed by atoms with Crippen molar-refractivity contribution < 1.29 is 27.1 Å². The summed E-state index contributed by atoms with van der Waals surface area (Å²) < 4.78 is 53.1. The van der Waals surface area contributed by atoms with Crippen LogP contribution in [0, 0.1) is 0 Å². The Morgan fingerprint density at radius 2 is 0.778 bits per heavy atom. The van der Waals surface area contributed by atoms with Gasteiger partial charge in [0.05, 0.1) is 26.4 Å². The standard InChI is InChI=1S/C24H38N3O6P3/c1-5-19-28-34(29-20-6-2)25-35(30-21-7-3,31-22-8-4)27-36(26-34,32-23-15-11-9-12-16-23)33-24-17-13-10-14-18-24/h9-18H,5-8,19-22H2,1-4H3. The number of para-hydroxylation sites is 2. The summed E-state index contributed by atoms with van der Waals surface area (Å²) in [5.41, 5.74) is 0. The van der Waals surface area contributed by atoms with Crippen LogP contribution >= 0.6 is 23.0 Å². The lowest BCUT2D eigenvalue weighted by Crippen LogP contribution is -2.08. The first-order valence-electron chi connectivity index (χ1n) is 12.5. The Morgan fingerprint density at radius 3 is 1.11 bits per heavy atom. The van der Waals surface area contributed by atoms with Gasteiger partial charge in [-0.3, -0.25) is 0 Å². The molecule has 3 rings (SSSR count). The van der Waals surface area contributed by atoms with Crippen molar-refractivity contribution in [1.82, 2.24) is 0 Å². The molecule has 12 heteroatoms. The van der Waals surface area contributed by atoms with Crippen LogP contribution in [0.3, 0.4) is 0 Å². The summed E-state index contributed by atoms with van der Waals surface area (Å²) in [6.07, 6.45) is 3.06. The highest BCUT2D eigenvalue weighted by molar-refractivity contribution is 7.78. The second kappa shape index (κ2) is 14.5. The molecule has 0 saturated carbocycles. The summed E-state index contributed by atoms with van der Waals surface area (Å²) in [6, 6.07) is 18.7. The molecule has 0 fully saturated rings. The van der Waals surface area contributed by atoms with Crippen molar-refractivity contribution >= 4 is 23.0 Å². The van der Waals surface area contributed by atoms with Gasteiger partial charge in [-0.25, -0.2) is 0 Å². The lowest BCUT2D eigenvalue weighted by molar-refractivity contribution is 0.227. The van der Waals surface area contributed by atoms with E-state index in [0.29, 0.717) is 37.9 Å². The first kappa shape index (κ1) is 29.1. The van der Waals surface area contributed by atoms with Crippen LogP contribution in [0.15, 0.2) is 74.2 Å². The van der Waals surface area contributed by atoms with Gasteiger partial charge >= 0.3 is 23.0 Å². The summed E-state index contributed by atoms with van der Waals surface area (Å²) in [6.45, 7) is 9.72. The minimum absolute atomic E-state index is 0.405. The van der Waals surface area contributed by atoms with Crippen molar-refractivity contribution in [3.8, 4) is 11.5 Å². The van der Waals surface area contributed by atoms with Crippen LogP contribution in [0.2, 0.25) is 0 Å². The van der Waals surface area contributed by atoms with Gasteiger partial charge in [0, 0.05) is 0 Å². The largest absolute Gasteiger partial charge is 0.457 e. The van der Waals surface area contributed by atoms with Crippen molar-refractivity contribution in [2.24, 2.45) is 13.5 Å². The van der Waals surface area contributed by atoms with Crippen LogP contribution in [0.4, 0.5) is 0 Å². The summed E-state index contributed by atoms with van der Waals surface area (Å²) in [5.74, 6) is 1.12. The zero-order chi connectivity index (χ0) is 25.7. The Kier molecular flexibility index (Phi) is 11.7. The SMILES string of the molecule is CCCOP1(OCCC)=NP(OCCC)(OCCC)=NP(Oc2ccccc2)(Oc2ccccc2)=N1. The van der Waals surface area contributed by atoms with Gasteiger partial charge in [-0.15, -0.1) is 13.5 Å². The van der Waals surface area contributed by atoms with Crippen LogP contribution in [-0.4, -0.2) is 26.4 Å². The number of hydrogen-bond donors (Lipinski definition) is 0. The van der Waals surface area contributed by atoms with Gasteiger partial charge in [-0.2, -0.15) is 0 Å². The van der Waals surface area contributed by atoms with Crippen LogP contribution in [0.1, 0.15) is 53.4 Å². The van der Waals surface area contributed by atoms with Crippen molar-refractivity contribution in [2.75, 3.05) is 26.4 Å². The van der Waals surface area contributed by atoms with Gasteiger partial charge in [0.25, 0.3) is 0 Å². The molecule has 0 N–H and O–H groups in total. The Morgan fingerprint density at radius 1 is 0.472 bits per heavy atom. The molecule has 200 valence electrons. The summed E-state index contributed by atoms with van der Waals surface area (Å²) >= 11 is 0. The zero-order valence-corrected chi connectivity index (χ0v) is 24.2. The molecular formula is C24H38N3O6P3. The van der Waals surface area contributed by atoms with E-state index >= 15 is 0 Å². The molecule has 9 nitrogen and oxygen atoms in total. The molecule has 0 amide bonds. The quantitative estimate of drug-likeness (QED) is 0.191. The molecule has 36 heavy (non-hydrogen) atoms. The molecule has 1 heterocycles. The molecule has 1 aliphatic rings. The maximum absolute atomic E-state index is 6.51. The van der Waals surface area contributed by atoms with Crippen LogP contribution < -0.4 is 9.05 Å². The van der Waals surface area contributed by atoms with Crippen LogP contribution in [-0.2, 0) is 18.1 Å². The molecule has 0 aromatic heterocycles. The number of nitrogens with zero attached hydrogens (tertiary/aromatic N) is 3. The molecule has 0 radical (unpaired) electrons. The molecule has 2 aromatic carbocycles. The maximum atomic E-state index is 6.51. The van der Waals surface area contributed by atoms with Crippen LogP contribution in [0.5, 0.6) is 11.5 Å². The Hall–Kier alpha value is -1.43. The zero-order valence-electron chi connectivity index (χ0n) is 21.6. The minimum Gasteiger partial charge on any atom is -0.413 e. The fourth-order valence-electron chi connectivity index (χ4n) is 2.93. The highest BCUT2D eigenvalue weighted by Crippen LogP contribution is 2.79. The Labute approximate surface area is 215 Å². The van der Waals surface area contributed by atoms with E-state index in [4.69, 9.17) is 40.7 Å². The summed E-state index contributed by atoms with van der Waals surface area (Å²) in [4.78, 5) is 0. The van der Waals surface area contributed by atoms with Crippen molar-refractivity contribution in [2.45, 2.75) is 53.4 Å². The number of rotatable bonds is 16. The monoisotopic (exact) mass is 557 g/mol. The third-order valence-electron chi connectivity index (χ3n) is 4.47. The Bertz CT molecular complexity index is 1010. The fourth-order valence-corrected chi connectivity index (χ4v) is 12.7. The fraction of sp³-hybridized carbons (Fsp3) is 0.500. The van der Waals surface area contributed by atoms with E-state index in [9.17, 15) is 0 Å². The Balaban J connectivity index is 2.30. The molecule has 1 aliphatic heterocycles. The molecule has 2 aromatic rings. The lowest BCUT2D eigenvalue weighted by Gasteiger charge is -2.33. The van der Waals surface area contributed by atoms with E-state index < -0.39 is 23.0 Å². The second-order valence-electron chi connectivity index (χ2n) is 7.88. The first-order valence-corrected chi connectivity index (χ1v) is 17.1. The average Bonchev–Trinajstić information content (AvgIpc) is 2.89. The van der Waals surface area contributed by atoms with E-state index in [1.54, 1.807) is 0 Å². The average molecular weight is 558 g/mol. The van der Waals surface area contributed by atoms with E-state index in [-0.39, 0.29) is 0 Å². The smallest absolute Gasteiger partial charge is 0.413 e. The van der Waals surface area contributed by atoms with Crippen molar-refractivity contribution in [3.05, 3.63) is 60.7 Å². The van der Waals surface area contributed by atoms with E-state index in [2.05, 4.69) is 0 Å². The third-order valence-corrected chi connectivity index (χ3v) is 12.9.